The van der Waals surface area contributed by atoms with Crippen molar-refractivity contribution in [2.24, 2.45) is 0 Å². The summed E-state index contributed by atoms with van der Waals surface area (Å²) >= 11 is 1.64. The molecular weight excluding hydrogens is 212 g/mol. The van der Waals surface area contributed by atoms with Crippen LogP contribution in [0.4, 0.5) is 0 Å². The van der Waals surface area contributed by atoms with Gasteiger partial charge in [0.1, 0.15) is 6.04 Å². The van der Waals surface area contributed by atoms with E-state index < -0.39 is 12.0 Å². The van der Waals surface area contributed by atoms with Gasteiger partial charge in [0, 0.05) is 11.9 Å². The fourth-order valence-corrected chi connectivity index (χ4v) is 2.00. The van der Waals surface area contributed by atoms with Crippen molar-refractivity contribution < 1.29 is 9.90 Å². The summed E-state index contributed by atoms with van der Waals surface area (Å²) in [5.74, 6) is -0.834. The quantitative estimate of drug-likeness (QED) is 0.777. The molecule has 84 valence electrons. The number of nitrogens with zero attached hydrogens (tertiary/aromatic N) is 1. The minimum atomic E-state index is -0.834. The molecule has 2 N–H and O–H groups in total. The Morgan fingerprint density at radius 3 is 3.07 bits per heavy atom. The summed E-state index contributed by atoms with van der Waals surface area (Å²) in [5.41, 5.74) is 0.927. The third-order valence-corrected chi connectivity index (χ3v) is 2.98. The van der Waals surface area contributed by atoms with Crippen LogP contribution < -0.4 is 5.32 Å². The third-order valence-electron chi connectivity index (χ3n) is 2.02. The molecule has 1 rings (SSSR count). The lowest BCUT2D eigenvalue weighted by Crippen LogP contribution is -2.33. The Balaban J connectivity index is 2.40. The fraction of sp³-hybridized carbons (Fsp3) is 0.600. The Morgan fingerprint density at radius 2 is 2.47 bits per heavy atom. The van der Waals surface area contributed by atoms with E-state index in [0.717, 1.165) is 23.5 Å². The van der Waals surface area contributed by atoms with Crippen LogP contribution in [0.5, 0.6) is 0 Å². The number of nitrogens with one attached hydrogen (secondary N) is 1. The van der Waals surface area contributed by atoms with Crippen LogP contribution in [-0.2, 0) is 17.8 Å². The summed E-state index contributed by atoms with van der Waals surface area (Å²) in [7, 11) is 0. The number of rotatable bonds is 6. The molecule has 1 aromatic heterocycles. The van der Waals surface area contributed by atoms with E-state index in [1.165, 1.54) is 0 Å². The van der Waals surface area contributed by atoms with Crippen molar-refractivity contribution >= 4 is 17.3 Å². The van der Waals surface area contributed by atoms with Gasteiger partial charge in [0.15, 0.2) is 0 Å². The summed E-state index contributed by atoms with van der Waals surface area (Å²) in [4.78, 5) is 14.9. The zero-order valence-corrected chi connectivity index (χ0v) is 9.80. The van der Waals surface area contributed by atoms with Gasteiger partial charge in [-0.3, -0.25) is 10.1 Å². The number of hydrogen-bond donors (Lipinski definition) is 2. The smallest absolute Gasteiger partial charge is 0.320 e. The van der Waals surface area contributed by atoms with Crippen LogP contribution >= 0.6 is 11.3 Å². The number of carboxylic acid groups (broad SMARTS) is 1. The first-order chi connectivity index (χ1) is 7.13. The van der Waals surface area contributed by atoms with Crippen LogP contribution in [0, 0.1) is 0 Å². The largest absolute Gasteiger partial charge is 0.480 e. The van der Waals surface area contributed by atoms with Gasteiger partial charge in [-0.2, -0.15) is 0 Å². The van der Waals surface area contributed by atoms with Crippen molar-refractivity contribution in [1.82, 2.24) is 10.3 Å². The average Bonchev–Trinajstić information content (AvgIpc) is 2.62. The van der Waals surface area contributed by atoms with E-state index in [2.05, 4.69) is 17.2 Å². The van der Waals surface area contributed by atoms with Gasteiger partial charge in [-0.25, -0.2) is 4.98 Å². The number of carboxylic acids is 1. The molecule has 0 fully saturated rings. The van der Waals surface area contributed by atoms with E-state index in [9.17, 15) is 4.79 Å². The molecule has 0 aliphatic carbocycles. The summed E-state index contributed by atoms with van der Waals surface area (Å²) < 4.78 is 0. The lowest BCUT2D eigenvalue weighted by molar-refractivity contribution is -0.139. The van der Waals surface area contributed by atoms with Crippen LogP contribution in [0.25, 0.3) is 0 Å². The number of aryl methyl sites for hydroxylation is 1. The van der Waals surface area contributed by atoms with Gasteiger partial charge in [0.2, 0.25) is 0 Å². The van der Waals surface area contributed by atoms with Gasteiger partial charge in [0.05, 0.1) is 10.7 Å². The topological polar surface area (TPSA) is 62.2 Å². The summed E-state index contributed by atoms with van der Waals surface area (Å²) in [6.07, 6.45) is 2.09. The summed E-state index contributed by atoms with van der Waals surface area (Å²) in [5, 5.41) is 14.7. The Labute approximate surface area is 93.4 Å². The molecule has 1 unspecified atom stereocenters. The minimum absolute atomic E-state index is 0.522. The first-order valence-corrected chi connectivity index (χ1v) is 5.91. The molecule has 15 heavy (non-hydrogen) atoms. The van der Waals surface area contributed by atoms with E-state index in [4.69, 9.17) is 5.11 Å². The predicted octanol–water partition coefficient (Wildman–Crippen LogP) is 1.66. The number of thiazole rings is 1. The van der Waals surface area contributed by atoms with Crippen molar-refractivity contribution in [3.8, 4) is 0 Å². The maximum Gasteiger partial charge on any atom is 0.320 e. The maximum absolute atomic E-state index is 10.5. The van der Waals surface area contributed by atoms with Gasteiger partial charge < -0.3 is 5.11 Å². The molecule has 0 spiro atoms. The standard InChI is InChI=1S/C10H16N2O2S/c1-3-4-9-12-8(6-15-9)5-11-7(2)10(13)14/h6-7,11H,3-5H2,1-2H3,(H,13,14). The molecular formula is C10H16N2O2S. The average molecular weight is 228 g/mol. The predicted molar refractivity (Wildman–Crippen MR) is 60.0 cm³/mol. The van der Waals surface area contributed by atoms with Crippen LogP contribution in [0.15, 0.2) is 5.38 Å². The van der Waals surface area contributed by atoms with Crippen molar-refractivity contribution in [1.29, 1.82) is 0 Å². The fourth-order valence-electron chi connectivity index (χ4n) is 1.10. The molecule has 0 aliphatic rings. The number of aromatic nitrogens is 1. The van der Waals surface area contributed by atoms with Gasteiger partial charge in [-0.05, 0) is 19.8 Å². The molecule has 0 amide bonds. The Bertz CT molecular complexity index is 325. The highest BCUT2D eigenvalue weighted by Gasteiger charge is 2.10. The summed E-state index contributed by atoms with van der Waals surface area (Å²) in [6, 6.07) is -0.527. The molecule has 0 radical (unpaired) electrons. The maximum atomic E-state index is 10.5. The molecule has 0 bridgehead atoms. The highest BCUT2D eigenvalue weighted by atomic mass is 32.1. The molecule has 1 atom stereocenters. The SMILES string of the molecule is CCCc1nc(CNC(C)C(=O)O)cs1. The monoisotopic (exact) mass is 228 g/mol. The lowest BCUT2D eigenvalue weighted by Gasteiger charge is -2.06. The Kier molecular flexibility index (Phi) is 4.71. The van der Waals surface area contributed by atoms with Crippen LogP contribution in [0.3, 0.4) is 0 Å². The molecule has 0 saturated carbocycles. The lowest BCUT2D eigenvalue weighted by atomic mass is 10.3. The first-order valence-electron chi connectivity index (χ1n) is 5.03. The van der Waals surface area contributed by atoms with E-state index >= 15 is 0 Å². The second-order valence-electron chi connectivity index (χ2n) is 3.42. The van der Waals surface area contributed by atoms with Gasteiger partial charge in [-0.15, -0.1) is 11.3 Å². The molecule has 0 aromatic carbocycles. The molecule has 1 heterocycles. The molecule has 0 aliphatic heterocycles. The molecule has 1 aromatic rings. The van der Waals surface area contributed by atoms with E-state index in [1.54, 1.807) is 18.3 Å². The van der Waals surface area contributed by atoms with Crippen molar-refractivity contribution in [2.75, 3.05) is 0 Å². The van der Waals surface area contributed by atoms with E-state index in [0.29, 0.717) is 6.54 Å². The van der Waals surface area contributed by atoms with Gasteiger partial charge >= 0.3 is 5.97 Å². The van der Waals surface area contributed by atoms with E-state index in [-0.39, 0.29) is 0 Å². The Morgan fingerprint density at radius 1 is 1.73 bits per heavy atom. The zero-order chi connectivity index (χ0) is 11.3. The number of carbonyl (C=O) groups is 1. The Hall–Kier alpha value is -0.940. The van der Waals surface area contributed by atoms with Crippen molar-refractivity contribution in [3.05, 3.63) is 16.1 Å². The van der Waals surface area contributed by atoms with Crippen LogP contribution in [0.1, 0.15) is 31.0 Å². The van der Waals surface area contributed by atoms with Gasteiger partial charge in [-0.1, -0.05) is 6.92 Å². The third kappa shape index (κ3) is 3.97. The molecule has 0 saturated heterocycles. The highest BCUT2D eigenvalue weighted by Crippen LogP contribution is 2.11. The second kappa shape index (κ2) is 5.82. The van der Waals surface area contributed by atoms with Crippen molar-refractivity contribution in [2.45, 2.75) is 39.3 Å². The molecule has 4 nitrogen and oxygen atoms in total. The van der Waals surface area contributed by atoms with E-state index in [1.807, 2.05) is 5.38 Å². The van der Waals surface area contributed by atoms with Crippen molar-refractivity contribution in [3.63, 3.8) is 0 Å². The minimum Gasteiger partial charge on any atom is -0.480 e. The van der Waals surface area contributed by atoms with Crippen LogP contribution in [0.2, 0.25) is 0 Å². The van der Waals surface area contributed by atoms with Gasteiger partial charge in [0.25, 0.3) is 0 Å². The van der Waals surface area contributed by atoms with Crippen LogP contribution in [-0.4, -0.2) is 22.1 Å². The highest BCUT2D eigenvalue weighted by molar-refractivity contribution is 7.09. The molecule has 5 heteroatoms. The number of aliphatic carboxylic acids is 1. The number of hydrogen-bond acceptors (Lipinski definition) is 4. The normalized spacial score (nSPS) is 12.7. The first kappa shape index (κ1) is 12.1. The second-order valence-corrected chi connectivity index (χ2v) is 4.37. The zero-order valence-electron chi connectivity index (χ0n) is 8.99. The summed E-state index contributed by atoms with van der Waals surface area (Å²) in [6.45, 7) is 4.27.